The first-order valence-electron chi connectivity index (χ1n) is 11.8. The van der Waals surface area contributed by atoms with Crippen LogP contribution in [0.3, 0.4) is 0 Å². The lowest BCUT2D eigenvalue weighted by Crippen LogP contribution is -2.46. The summed E-state index contributed by atoms with van der Waals surface area (Å²) >= 11 is 0. The number of fused-ring (bicyclic) bond motifs is 1. The van der Waals surface area contributed by atoms with Crippen molar-refractivity contribution in [2.75, 3.05) is 54.4 Å². The highest BCUT2D eigenvalue weighted by Crippen LogP contribution is 2.32. The van der Waals surface area contributed by atoms with E-state index in [4.69, 9.17) is 0 Å². The van der Waals surface area contributed by atoms with Gasteiger partial charge in [0.05, 0.1) is 11.6 Å². The lowest BCUT2D eigenvalue weighted by atomic mass is 10.1. The Morgan fingerprint density at radius 1 is 0.939 bits per heavy atom. The van der Waals surface area contributed by atoms with Gasteiger partial charge >= 0.3 is 0 Å². The summed E-state index contributed by atoms with van der Waals surface area (Å²) in [6, 6.07) is 22.0. The number of piperazine rings is 1. The summed E-state index contributed by atoms with van der Waals surface area (Å²) in [5.41, 5.74) is 2.83. The predicted molar refractivity (Wildman–Crippen MR) is 134 cm³/mol. The second kappa shape index (κ2) is 9.24. The third-order valence-corrected chi connectivity index (χ3v) is 6.87. The molecule has 1 unspecified atom stereocenters. The Labute approximate surface area is 194 Å². The zero-order chi connectivity index (χ0) is 22.8. The zero-order valence-electron chi connectivity index (χ0n) is 19.0. The van der Waals surface area contributed by atoms with E-state index in [1.807, 2.05) is 54.6 Å². The molecule has 2 amide bonds. The number of anilines is 3. The lowest BCUT2D eigenvalue weighted by Gasteiger charge is -2.35. The first-order valence-corrected chi connectivity index (χ1v) is 11.8. The van der Waals surface area contributed by atoms with Gasteiger partial charge in [0.25, 0.3) is 0 Å². The number of nitrogens with one attached hydrogen (secondary N) is 1. The minimum atomic E-state index is -0.363. The maximum absolute atomic E-state index is 13.0. The van der Waals surface area contributed by atoms with Crippen LogP contribution in [-0.4, -0.2) is 56.0 Å². The van der Waals surface area contributed by atoms with Crippen LogP contribution in [0.1, 0.15) is 13.3 Å². The molecule has 2 fully saturated rings. The lowest BCUT2D eigenvalue weighted by molar-refractivity contribution is -0.122. The van der Waals surface area contributed by atoms with Gasteiger partial charge in [0.15, 0.2) is 0 Å². The molecular formula is C27H30N4O2. The largest absolute Gasteiger partial charge is 0.369 e. The van der Waals surface area contributed by atoms with Crippen LogP contribution in [0.15, 0.2) is 66.7 Å². The predicted octanol–water partition coefficient (Wildman–Crippen LogP) is 3.97. The molecule has 2 heterocycles. The molecule has 5 rings (SSSR count). The van der Waals surface area contributed by atoms with Crippen molar-refractivity contribution in [3.05, 3.63) is 66.7 Å². The molecule has 1 N–H and O–H groups in total. The molecule has 6 nitrogen and oxygen atoms in total. The van der Waals surface area contributed by atoms with E-state index in [2.05, 4.69) is 34.2 Å². The van der Waals surface area contributed by atoms with Gasteiger partial charge in [-0.1, -0.05) is 43.3 Å². The van der Waals surface area contributed by atoms with Gasteiger partial charge in [-0.15, -0.1) is 0 Å². The number of rotatable bonds is 5. The van der Waals surface area contributed by atoms with Gasteiger partial charge in [0.1, 0.15) is 0 Å². The minimum Gasteiger partial charge on any atom is -0.369 e. The first-order chi connectivity index (χ1) is 16.1. The van der Waals surface area contributed by atoms with Crippen LogP contribution in [-0.2, 0) is 9.59 Å². The average molecular weight is 443 g/mol. The monoisotopic (exact) mass is 442 g/mol. The van der Waals surface area contributed by atoms with E-state index in [-0.39, 0.29) is 24.2 Å². The number of carbonyl (C=O) groups excluding carboxylic acids is 2. The topological polar surface area (TPSA) is 55.9 Å². The molecule has 2 aliphatic heterocycles. The van der Waals surface area contributed by atoms with E-state index in [0.29, 0.717) is 6.54 Å². The summed E-state index contributed by atoms with van der Waals surface area (Å²) in [7, 11) is 0. The van der Waals surface area contributed by atoms with Gasteiger partial charge in [-0.2, -0.15) is 0 Å². The molecule has 0 saturated carbocycles. The van der Waals surface area contributed by atoms with Crippen LogP contribution in [0.2, 0.25) is 0 Å². The molecule has 6 heteroatoms. The van der Waals surface area contributed by atoms with Crippen molar-refractivity contribution in [2.45, 2.75) is 13.3 Å². The second-order valence-corrected chi connectivity index (χ2v) is 8.86. The van der Waals surface area contributed by atoms with Crippen molar-refractivity contribution in [3.8, 4) is 0 Å². The molecular weight excluding hydrogens is 412 g/mol. The standard InChI is InChI=1S/C27H30N4O2/c1-2-29-14-16-30(17-15-29)23-12-10-22(11-13-23)28-27(33)21-18-26(32)31(19-21)25-9-5-7-20-6-3-4-8-24(20)25/h3-13,21H,2,14-19H2,1H3,(H,28,33). The molecule has 3 aromatic carbocycles. The smallest absolute Gasteiger partial charge is 0.229 e. The molecule has 0 radical (unpaired) electrons. The third kappa shape index (κ3) is 4.44. The molecule has 2 aliphatic rings. The molecule has 0 spiro atoms. The zero-order valence-corrected chi connectivity index (χ0v) is 19.0. The number of carbonyl (C=O) groups is 2. The highest BCUT2D eigenvalue weighted by molar-refractivity contribution is 6.08. The second-order valence-electron chi connectivity index (χ2n) is 8.86. The third-order valence-electron chi connectivity index (χ3n) is 6.87. The maximum Gasteiger partial charge on any atom is 0.229 e. The van der Waals surface area contributed by atoms with Gasteiger partial charge < -0.3 is 20.0 Å². The van der Waals surface area contributed by atoms with Gasteiger partial charge in [-0.3, -0.25) is 9.59 Å². The fraction of sp³-hybridized carbons (Fsp3) is 0.333. The number of hydrogen-bond acceptors (Lipinski definition) is 4. The van der Waals surface area contributed by atoms with Gasteiger partial charge in [-0.25, -0.2) is 0 Å². The molecule has 2 saturated heterocycles. The van der Waals surface area contributed by atoms with Crippen molar-refractivity contribution in [1.29, 1.82) is 0 Å². The van der Waals surface area contributed by atoms with E-state index >= 15 is 0 Å². The Kier molecular flexibility index (Phi) is 6.01. The fourth-order valence-corrected chi connectivity index (χ4v) is 4.88. The fourth-order valence-electron chi connectivity index (χ4n) is 4.88. The summed E-state index contributed by atoms with van der Waals surface area (Å²) in [6.45, 7) is 7.91. The van der Waals surface area contributed by atoms with Crippen LogP contribution in [0.25, 0.3) is 10.8 Å². The van der Waals surface area contributed by atoms with Crippen LogP contribution in [0.4, 0.5) is 17.1 Å². The Hall–Kier alpha value is -3.38. The molecule has 170 valence electrons. The quantitative estimate of drug-likeness (QED) is 0.650. The summed E-state index contributed by atoms with van der Waals surface area (Å²) in [5, 5.41) is 5.14. The molecule has 1 atom stereocenters. The Morgan fingerprint density at radius 2 is 1.67 bits per heavy atom. The molecule has 33 heavy (non-hydrogen) atoms. The van der Waals surface area contributed by atoms with Crippen molar-refractivity contribution >= 4 is 39.6 Å². The van der Waals surface area contributed by atoms with Crippen LogP contribution in [0.5, 0.6) is 0 Å². The Balaban J connectivity index is 1.23. The maximum atomic E-state index is 13.0. The highest BCUT2D eigenvalue weighted by atomic mass is 16.2. The van der Waals surface area contributed by atoms with E-state index in [0.717, 1.165) is 54.9 Å². The van der Waals surface area contributed by atoms with Crippen molar-refractivity contribution in [2.24, 2.45) is 5.92 Å². The molecule has 0 bridgehead atoms. The highest BCUT2D eigenvalue weighted by Gasteiger charge is 2.35. The molecule has 0 aromatic heterocycles. The normalized spacial score (nSPS) is 19.3. The van der Waals surface area contributed by atoms with Gasteiger partial charge in [-0.05, 0) is 42.3 Å². The molecule has 0 aliphatic carbocycles. The van der Waals surface area contributed by atoms with Gasteiger partial charge in [0.2, 0.25) is 11.8 Å². The number of hydrogen-bond donors (Lipinski definition) is 1. The van der Waals surface area contributed by atoms with Crippen molar-refractivity contribution in [1.82, 2.24) is 4.90 Å². The van der Waals surface area contributed by atoms with Crippen molar-refractivity contribution in [3.63, 3.8) is 0 Å². The number of likely N-dealkylation sites (N-methyl/N-ethyl adjacent to an activating group) is 1. The van der Waals surface area contributed by atoms with E-state index < -0.39 is 0 Å². The Bertz CT molecular complexity index is 1150. The van der Waals surface area contributed by atoms with Crippen LogP contribution >= 0.6 is 0 Å². The summed E-state index contributed by atoms with van der Waals surface area (Å²) in [5.74, 6) is -0.471. The van der Waals surface area contributed by atoms with Gasteiger partial charge in [0, 0.05) is 55.9 Å². The number of amides is 2. The summed E-state index contributed by atoms with van der Waals surface area (Å²) in [4.78, 5) is 32.3. The Morgan fingerprint density at radius 3 is 2.42 bits per heavy atom. The minimum absolute atomic E-state index is 0.00641. The SMILES string of the molecule is CCN1CCN(c2ccc(NC(=O)C3CC(=O)N(c4cccc5ccccc45)C3)cc2)CC1. The summed E-state index contributed by atoms with van der Waals surface area (Å²) in [6.07, 6.45) is 0.231. The number of nitrogens with zero attached hydrogens (tertiary/aromatic N) is 3. The van der Waals surface area contributed by atoms with Crippen molar-refractivity contribution < 1.29 is 9.59 Å². The van der Waals surface area contributed by atoms with Crippen LogP contribution in [0, 0.1) is 5.92 Å². The van der Waals surface area contributed by atoms with E-state index in [1.54, 1.807) is 4.90 Å². The number of benzene rings is 3. The average Bonchev–Trinajstić information content (AvgIpc) is 3.26. The summed E-state index contributed by atoms with van der Waals surface area (Å²) < 4.78 is 0. The molecule has 3 aromatic rings. The first kappa shape index (κ1) is 21.5. The van der Waals surface area contributed by atoms with Crippen LogP contribution < -0.4 is 15.1 Å². The van der Waals surface area contributed by atoms with E-state index in [9.17, 15) is 9.59 Å². The van der Waals surface area contributed by atoms with E-state index in [1.165, 1.54) is 5.69 Å².